The lowest BCUT2D eigenvalue weighted by Gasteiger charge is -2.12. The van der Waals surface area contributed by atoms with Gasteiger partial charge in [-0.1, -0.05) is 30.3 Å². The average Bonchev–Trinajstić information content (AvgIpc) is 2.60. The zero-order chi connectivity index (χ0) is 16.9. The van der Waals surface area contributed by atoms with E-state index in [0.717, 1.165) is 0 Å². The van der Waals surface area contributed by atoms with Crippen LogP contribution in [0.3, 0.4) is 0 Å². The molecule has 6 nitrogen and oxygen atoms in total. The number of ether oxygens (including phenoxy) is 1. The maximum absolute atomic E-state index is 11.5. The lowest BCUT2D eigenvalue weighted by atomic mass is 10.1. The van der Waals surface area contributed by atoms with Gasteiger partial charge in [-0.05, 0) is 31.2 Å². The zero-order valence-electron chi connectivity index (χ0n) is 13.1. The Hall–Kier alpha value is -3.41. The number of carbonyl (C=O) groups is 1. The molecule has 0 spiro atoms. The largest absolute Gasteiger partial charge is 0.437 e. The van der Waals surface area contributed by atoms with Crippen molar-refractivity contribution in [1.29, 1.82) is 0 Å². The van der Waals surface area contributed by atoms with Crippen LogP contribution in [0.1, 0.15) is 17.3 Å². The maximum atomic E-state index is 11.5. The predicted molar refractivity (Wildman–Crippen MR) is 92.7 cm³/mol. The van der Waals surface area contributed by atoms with E-state index in [2.05, 4.69) is 15.3 Å². The molecule has 0 fully saturated rings. The Bertz CT molecular complexity index is 866. The number of aromatic nitrogens is 2. The van der Waals surface area contributed by atoms with Crippen molar-refractivity contribution in [3.05, 3.63) is 66.5 Å². The molecule has 1 aromatic heterocycles. The van der Waals surface area contributed by atoms with Crippen LogP contribution >= 0.6 is 0 Å². The van der Waals surface area contributed by atoms with Crippen LogP contribution in [0.15, 0.2) is 60.9 Å². The number of benzene rings is 2. The van der Waals surface area contributed by atoms with Gasteiger partial charge in [0.1, 0.15) is 17.8 Å². The van der Waals surface area contributed by atoms with Crippen molar-refractivity contribution >= 4 is 23.0 Å². The van der Waals surface area contributed by atoms with Crippen LogP contribution in [-0.4, -0.2) is 15.8 Å². The first kappa shape index (κ1) is 15.5. The molecule has 0 unspecified atom stereocenters. The number of anilines is 3. The van der Waals surface area contributed by atoms with E-state index in [4.69, 9.17) is 10.5 Å². The number of hydrogen-bond donors (Lipinski definition) is 2. The molecule has 6 heteroatoms. The summed E-state index contributed by atoms with van der Waals surface area (Å²) in [6.07, 6.45) is 1.37. The van der Waals surface area contributed by atoms with Gasteiger partial charge in [-0.3, -0.25) is 4.79 Å². The highest BCUT2D eigenvalue weighted by Gasteiger charge is 2.11. The van der Waals surface area contributed by atoms with Gasteiger partial charge >= 0.3 is 0 Å². The van der Waals surface area contributed by atoms with Crippen LogP contribution in [0.25, 0.3) is 0 Å². The maximum Gasteiger partial charge on any atom is 0.248 e. The highest BCUT2D eigenvalue weighted by atomic mass is 16.5. The highest BCUT2D eigenvalue weighted by molar-refractivity contribution is 5.95. The van der Waals surface area contributed by atoms with E-state index in [0.29, 0.717) is 22.8 Å². The first-order chi connectivity index (χ1) is 11.6. The van der Waals surface area contributed by atoms with Gasteiger partial charge in [0.2, 0.25) is 5.88 Å². The molecule has 0 bridgehead atoms. The molecule has 2 aromatic carbocycles. The summed E-state index contributed by atoms with van der Waals surface area (Å²) in [4.78, 5) is 19.7. The van der Waals surface area contributed by atoms with Gasteiger partial charge in [0.15, 0.2) is 11.6 Å². The molecule has 0 amide bonds. The summed E-state index contributed by atoms with van der Waals surface area (Å²) in [6.45, 7) is 1.52. The standard InChI is InChI=1S/C18H16N4O2/c1-12(23)13-6-5-7-14(10-13)22-17-16(19)18(21-11-20-17)24-15-8-3-2-4-9-15/h2-11H,19H2,1H3,(H,20,21,22). The third kappa shape index (κ3) is 3.49. The second-order valence-corrected chi connectivity index (χ2v) is 5.12. The van der Waals surface area contributed by atoms with Crippen molar-refractivity contribution in [3.8, 4) is 11.6 Å². The number of nitrogens with one attached hydrogen (secondary N) is 1. The zero-order valence-corrected chi connectivity index (χ0v) is 13.1. The number of carbonyl (C=O) groups excluding carboxylic acids is 1. The third-order valence-electron chi connectivity index (χ3n) is 3.34. The minimum Gasteiger partial charge on any atom is -0.437 e. The van der Waals surface area contributed by atoms with Crippen LogP contribution in [-0.2, 0) is 0 Å². The molecule has 120 valence electrons. The van der Waals surface area contributed by atoms with Crippen LogP contribution in [0.5, 0.6) is 11.6 Å². The van der Waals surface area contributed by atoms with Crippen molar-refractivity contribution in [3.63, 3.8) is 0 Å². The molecule has 3 aromatic rings. The van der Waals surface area contributed by atoms with Gasteiger partial charge in [-0.25, -0.2) is 4.98 Å². The van der Waals surface area contributed by atoms with Crippen LogP contribution in [0, 0.1) is 0 Å². The summed E-state index contributed by atoms with van der Waals surface area (Å²) in [6, 6.07) is 16.3. The topological polar surface area (TPSA) is 90.1 Å². The molecular formula is C18H16N4O2. The third-order valence-corrected chi connectivity index (χ3v) is 3.34. The van der Waals surface area contributed by atoms with Gasteiger partial charge in [0.25, 0.3) is 0 Å². The van der Waals surface area contributed by atoms with E-state index < -0.39 is 0 Å². The van der Waals surface area contributed by atoms with Crippen LogP contribution in [0.2, 0.25) is 0 Å². The molecule has 0 radical (unpaired) electrons. The van der Waals surface area contributed by atoms with Gasteiger partial charge < -0.3 is 15.8 Å². The molecular weight excluding hydrogens is 304 g/mol. The number of nitrogens with zero attached hydrogens (tertiary/aromatic N) is 2. The molecule has 0 atom stereocenters. The molecule has 0 aliphatic heterocycles. The normalized spacial score (nSPS) is 10.2. The van der Waals surface area contributed by atoms with E-state index in [1.165, 1.54) is 13.3 Å². The fourth-order valence-corrected chi connectivity index (χ4v) is 2.11. The molecule has 0 aliphatic rings. The number of ketones is 1. The summed E-state index contributed by atoms with van der Waals surface area (Å²) in [5.74, 6) is 1.30. The molecule has 24 heavy (non-hydrogen) atoms. The molecule has 0 saturated carbocycles. The van der Waals surface area contributed by atoms with E-state index in [-0.39, 0.29) is 17.4 Å². The van der Waals surface area contributed by atoms with Crippen LogP contribution in [0.4, 0.5) is 17.2 Å². The van der Waals surface area contributed by atoms with Crippen LogP contribution < -0.4 is 15.8 Å². The summed E-state index contributed by atoms with van der Waals surface area (Å²) in [5, 5.41) is 3.09. The Kier molecular flexibility index (Phi) is 4.38. The number of rotatable bonds is 5. The second kappa shape index (κ2) is 6.78. The Morgan fingerprint density at radius 2 is 1.88 bits per heavy atom. The highest BCUT2D eigenvalue weighted by Crippen LogP contribution is 2.30. The van der Waals surface area contributed by atoms with Gasteiger partial charge in [-0.2, -0.15) is 4.98 Å². The second-order valence-electron chi connectivity index (χ2n) is 5.12. The number of para-hydroxylation sites is 1. The van der Waals surface area contributed by atoms with Crippen molar-refractivity contribution in [2.75, 3.05) is 11.1 Å². The predicted octanol–water partition coefficient (Wildman–Crippen LogP) is 3.80. The molecule has 3 N–H and O–H groups in total. The number of Topliss-reactive ketones (excluding diaryl/α,β-unsaturated/α-hetero) is 1. The summed E-state index contributed by atoms with van der Waals surface area (Å²) in [5.41, 5.74) is 7.70. The Morgan fingerprint density at radius 3 is 2.62 bits per heavy atom. The van der Waals surface area contributed by atoms with Crippen molar-refractivity contribution in [2.45, 2.75) is 6.92 Å². The van der Waals surface area contributed by atoms with E-state index in [1.54, 1.807) is 18.2 Å². The van der Waals surface area contributed by atoms with E-state index in [1.807, 2.05) is 36.4 Å². The first-order valence-corrected chi connectivity index (χ1v) is 7.35. The van der Waals surface area contributed by atoms with Gasteiger partial charge in [0.05, 0.1) is 0 Å². The fraction of sp³-hybridized carbons (Fsp3) is 0.0556. The Morgan fingerprint density at radius 1 is 1.08 bits per heavy atom. The monoisotopic (exact) mass is 320 g/mol. The smallest absolute Gasteiger partial charge is 0.248 e. The van der Waals surface area contributed by atoms with Crippen molar-refractivity contribution in [2.24, 2.45) is 0 Å². The van der Waals surface area contributed by atoms with Gasteiger partial charge in [-0.15, -0.1) is 0 Å². The Labute approximate surface area is 139 Å². The van der Waals surface area contributed by atoms with Crippen molar-refractivity contribution in [1.82, 2.24) is 9.97 Å². The molecule has 1 heterocycles. The summed E-state index contributed by atoms with van der Waals surface area (Å²) in [7, 11) is 0. The fourth-order valence-electron chi connectivity index (χ4n) is 2.11. The summed E-state index contributed by atoms with van der Waals surface area (Å²) >= 11 is 0. The number of nitrogens with two attached hydrogens (primary N) is 1. The van der Waals surface area contributed by atoms with E-state index >= 15 is 0 Å². The Balaban J connectivity index is 1.85. The number of nitrogen functional groups attached to an aromatic ring is 1. The quantitative estimate of drug-likeness (QED) is 0.695. The molecule has 0 aliphatic carbocycles. The van der Waals surface area contributed by atoms with Crippen molar-refractivity contribution < 1.29 is 9.53 Å². The minimum atomic E-state index is -0.0117. The lowest BCUT2D eigenvalue weighted by Crippen LogP contribution is -2.03. The van der Waals surface area contributed by atoms with Gasteiger partial charge in [0, 0.05) is 11.3 Å². The first-order valence-electron chi connectivity index (χ1n) is 7.35. The molecule has 0 saturated heterocycles. The molecule has 3 rings (SSSR count). The average molecular weight is 320 g/mol. The minimum absolute atomic E-state index is 0.0117. The van der Waals surface area contributed by atoms with E-state index in [9.17, 15) is 4.79 Å². The number of hydrogen-bond acceptors (Lipinski definition) is 6. The summed E-state index contributed by atoms with van der Waals surface area (Å²) < 4.78 is 5.68. The SMILES string of the molecule is CC(=O)c1cccc(Nc2ncnc(Oc3ccccc3)c2N)c1. The lowest BCUT2D eigenvalue weighted by molar-refractivity contribution is 0.101.